The molecule has 0 aromatic carbocycles. The number of amides is 5. The van der Waals surface area contributed by atoms with Gasteiger partial charge >= 0.3 is 6.03 Å². The maximum absolute atomic E-state index is 12.7. The fraction of sp³-hybridized carbons (Fsp3) is 0.579. The van der Waals surface area contributed by atoms with Crippen LogP contribution in [0.25, 0.3) is 0 Å². The average molecular weight is 390 g/mol. The monoisotopic (exact) mass is 390 g/mol. The van der Waals surface area contributed by atoms with E-state index in [9.17, 15) is 19.2 Å². The minimum atomic E-state index is -0.787. The van der Waals surface area contributed by atoms with Gasteiger partial charge in [0.1, 0.15) is 17.3 Å². The first-order chi connectivity index (χ1) is 13.4. The second-order valence-electron chi connectivity index (χ2n) is 7.37. The molecule has 9 heteroatoms. The van der Waals surface area contributed by atoms with Crippen LogP contribution >= 0.6 is 0 Å². The highest BCUT2D eigenvalue weighted by Gasteiger charge is 2.51. The third kappa shape index (κ3) is 4.35. The molecule has 1 aliphatic heterocycles. The van der Waals surface area contributed by atoms with Crippen molar-refractivity contribution in [1.82, 2.24) is 20.9 Å². The van der Waals surface area contributed by atoms with Gasteiger partial charge in [-0.1, -0.05) is 19.3 Å². The first-order valence-corrected chi connectivity index (χ1v) is 9.65. The van der Waals surface area contributed by atoms with Crippen molar-refractivity contribution in [3.05, 3.63) is 24.2 Å². The third-order valence-corrected chi connectivity index (χ3v) is 5.30. The normalized spacial score (nSPS) is 19.4. The lowest BCUT2D eigenvalue weighted by Crippen LogP contribution is -2.48. The van der Waals surface area contributed by atoms with Gasteiger partial charge in [-0.25, -0.2) is 4.79 Å². The zero-order chi connectivity index (χ0) is 20.1. The highest BCUT2D eigenvalue weighted by atomic mass is 16.3. The molecule has 1 unspecified atom stereocenters. The van der Waals surface area contributed by atoms with E-state index in [2.05, 4.69) is 16.0 Å². The van der Waals surface area contributed by atoms with Crippen molar-refractivity contribution in [2.24, 2.45) is 0 Å². The van der Waals surface area contributed by atoms with Crippen molar-refractivity contribution < 1.29 is 23.6 Å². The van der Waals surface area contributed by atoms with Crippen molar-refractivity contribution in [2.45, 2.75) is 63.6 Å². The molecule has 1 aromatic rings. The molecule has 152 valence electrons. The molecule has 0 radical (unpaired) electrons. The summed E-state index contributed by atoms with van der Waals surface area (Å²) < 4.78 is 5.13. The summed E-state index contributed by atoms with van der Waals surface area (Å²) in [5, 5.41) is 8.06. The maximum Gasteiger partial charge on any atom is 0.325 e. The number of carbonyl (C=O) groups is 4. The van der Waals surface area contributed by atoms with E-state index in [0.29, 0.717) is 18.6 Å². The molecule has 1 atom stereocenters. The Kier molecular flexibility index (Phi) is 6.01. The van der Waals surface area contributed by atoms with Gasteiger partial charge in [0.25, 0.3) is 5.91 Å². The zero-order valence-corrected chi connectivity index (χ0v) is 16.0. The van der Waals surface area contributed by atoms with Crippen LogP contribution in [-0.4, -0.2) is 46.8 Å². The Balaban J connectivity index is 1.44. The third-order valence-electron chi connectivity index (χ3n) is 5.30. The fourth-order valence-electron chi connectivity index (χ4n) is 3.71. The van der Waals surface area contributed by atoms with Crippen LogP contribution in [0.3, 0.4) is 0 Å². The Morgan fingerprint density at radius 2 is 2.04 bits per heavy atom. The summed E-state index contributed by atoms with van der Waals surface area (Å²) in [6.07, 6.45) is 5.63. The van der Waals surface area contributed by atoms with Gasteiger partial charge in [-0.2, -0.15) is 0 Å². The maximum atomic E-state index is 12.7. The highest BCUT2D eigenvalue weighted by Crippen LogP contribution is 2.33. The summed E-state index contributed by atoms with van der Waals surface area (Å²) in [5.74, 6) is -0.372. The minimum Gasteiger partial charge on any atom is -0.467 e. The lowest BCUT2D eigenvalue weighted by atomic mass is 9.82. The molecule has 5 amide bonds. The lowest BCUT2D eigenvalue weighted by molar-refractivity contribution is -0.133. The summed E-state index contributed by atoms with van der Waals surface area (Å²) in [6, 6.07) is 2.28. The van der Waals surface area contributed by atoms with Crippen LogP contribution in [0.5, 0.6) is 0 Å². The van der Waals surface area contributed by atoms with Crippen molar-refractivity contribution >= 4 is 23.8 Å². The van der Waals surface area contributed by atoms with Crippen LogP contribution in [-0.2, 0) is 20.9 Å². The minimum absolute atomic E-state index is 0.00101. The average Bonchev–Trinajstić information content (AvgIpc) is 3.26. The van der Waals surface area contributed by atoms with Gasteiger partial charge in [0, 0.05) is 13.0 Å². The Labute approximate surface area is 163 Å². The van der Waals surface area contributed by atoms with Crippen LogP contribution in [0, 0.1) is 0 Å². The molecule has 2 aliphatic rings. The van der Waals surface area contributed by atoms with Crippen molar-refractivity contribution in [2.75, 3.05) is 6.54 Å². The molecular weight excluding hydrogens is 364 g/mol. The molecular formula is C19H26N4O5. The van der Waals surface area contributed by atoms with E-state index in [1.807, 2.05) is 0 Å². The van der Waals surface area contributed by atoms with Crippen LogP contribution < -0.4 is 16.0 Å². The molecule has 0 bridgehead atoms. The topological polar surface area (TPSA) is 121 Å². The van der Waals surface area contributed by atoms with E-state index in [0.717, 1.165) is 24.2 Å². The number of furan rings is 1. The van der Waals surface area contributed by atoms with Crippen LogP contribution in [0.2, 0.25) is 0 Å². The molecule has 3 rings (SSSR count). The second kappa shape index (κ2) is 8.45. The van der Waals surface area contributed by atoms with E-state index < -0.39 is 23.5 Å². The van der Waals surface area contributed by atoms with Gasteiger partial charge in [-0.05, 0) is 31.9 Å². The van der Waals surface area contributed by atoms with Crippen LogP contribution in [0.15, 0.2) is 22.8 Å². The first kappa shape index (κ1) is 19.9. The van der Waals surface area contributed by atoms with E-state index in [-0.39, 0.29) is 31.3 Å². The summed E-state index contributed by atoms with van der Waals surface area (Å²) >= 11 is 0. The lowest BCUT2D eigenvalue weighted by Gasteiger charge is -2.30. The number of rotatable bonds is 7. The molecule has 1 aliphatic carbocycles. The molecule has 2 heterocycles. The largest absolute Gasteiger partial charge is 0.467 e. The van der Waals surface area contributed by atoms with Gasteiger partial charge in [-0.3, -0.25) is 19.3 Å². The van der Waals surface area contributed by atoms with E-state index in [1.54, 1.807) is 19.1 Å². The molecule has 1 spiro atoms. The molecule has 2 fully saturated rings. The summed E-state index contributed by atoms with van der Waals surface area (Å²) in [4.78, 5) is 50.2. The van der Waals surface area contributed by atoms with Gasteiger partial charge in [0.2, 0.25) is 11.8 Å². The van der Waals surface area contributed by atoms with Crippen LogP contribution in [0.1, 0.15) is 51.2 Å². The number of nitrogens with zero attached hydrogens (tertiary/aromatic N) is 1. The summed E-state index contributed by atoms with van der Waals surface area (Å²) in [7, 11) is 0. The quantitative estimate of drug-likeness (QED) is 0.601. The van der Waals surface area contributed by atoms with Gasteiger partial charge in [0.05, 0.1) is 12.8 Å². The molecule has 1 saturated heterocycles. The Bertz CT molecular complexity index is 740. The van der Waals surface area contributed by atoms with E-state index in [4.69, 9.17) is 4.42 Å². The summed E-state index contributed by atoms with van der Waals surface area (Å²) in [6.45, 7) is 1.80. The smallest absolute Gasteiger partial charge is 0.325 e. The number of imide groups is 1. The standard InChI is InChI=1S/C19H26N4O5/c1-13(16(25)20-12-14-6-5-11-28-14)21-15(24)7-10-23-17(26)19(22-18(23)27)8-3-2-4-9-19/h5-6,11,13H,2-4,7-10,12H2,1H3,(H,20,25)(H,21,24)(H,22,27). The Morgan fingerprint density at radius 1 is 1.29 bits per heavy atom. The predicted octanol–water partition coefficient (Wildman–Crippen LogP) is 1.05. The predicted molar refractivity (Wildman–Crippen MR) is 98.8 cm³/mol. The van der Waals surface area contributed by atoms with Crippen molar-refractivity contribution in [3.63, 3.8) is 0 Å². The molecule has 1 aromatic heterocycles. The van der Waals surface area contributed by atoms with Crippen molar-refractivity contribution in [1.29, 1.82) is 0 Å². The van der Waals surface area contributed by atoms with Gasteiger partial charge in [0.15, 0.2) is 0 Å². The Hall–Kier alpha value is -2.84. The van der Waals surface area contributed by atoms with E-state index >= 15 is 0 Å². The van der Waals surface area contributed by atoms with Crippen LogP contribution in [0.4, 0.5) is 4.79 Å². The molecule has 3 N–H and O–H groups in total. The Morgan fingerprint density at radius 3 is 2.71 bits per heavy atom. The van der Waals surface area contributed by atoms with Gasteiger partial charge in [-0.15, -0.1) is 0 Å². The first-order valence-electron chi connectivity index (χ1n) is 9.65. The molecule has 1 saturated carbocycles. The number of hydrogen-bond donors (Lipinski definition) is 3. The number of nitrogens with one attached hydrogen (secondary N) is 3. The number of urea groups is 1. The number of carbonyl (C=O) groups excluding carboxylic acids is 4. The number of hydrogen-bond acceptors (Lipinski definition) is 5. The van der Waals surface area contributed by atoms with Crippen molar-refractivity contribution in [3.8, 4) is 0 Å². The second-order valence-corrected chi connectivity index (χ2v) is 7.37. The fourth-order valence-corrected chi connectivity index (χ4v) is 3.71. The zero-order valence-electron chi connectivity index (χ0n) is 16.0. The summed E-state index contributed by atoms with van der Waals surface area (Å²) in [5.41, 5.74) is -0.787. The van der Waals surface area contributed by atoms with E-state index in [1.165, 1.54) is 6.26 Å². The SMILES string of the molecule is CC(NC(=O)CCN1C(=O)NC2(CCCCC2)C1=O)C(=O)NCc1ccco1. The highest BCUT2D eigenvalue weighted by molar-refractivity contribution is 6.07. The molecule has 28 heavy (non-hydrogen) atoms. The molecule has 9 nitrogen and oxygen atoms in total. The van der Waals surface area contributed by atoms with Gasteiger partial charge < -0.3 is 20.4 Å².